The van der Waals surface area contributed by atoms with E-state index in [1.54, 1.807) is 12.2 Å². The SMILES string of the molecule is CC(=O)NCC1CCC(C(=O)OCC(=O)[C@@]2(O)CC[C@H]3[C@@H]4CCC5=CC(=O)C=C[C@]5(C)[C@H]4[C@@H](O)C[C@@]32C)CC1. The maximum Gasteiger partial charge on any atom is 0.309 e. The number of Topliss-reactive ketones (excluding diaryl/α,β-unsaturated/α-hetero) is 1. The van der Waals surface area contributed by atoms with E-state index < -0.39 is 40.9 Å². The number of ketones is 2. The third-order valence-corrected chi connectivity index (χ3v) is 11.3. The molecule has 0 unspecified atom stereocenters. The number of hydrogen-bond acceptors (Lipinski definition) is 7. The van der Waals surface area contributed by atoms with Gasteiger partial charge in [-0.05, 0) is 87.7 Å². The van der Waals surface area contributed by atoms with Crippen LogP contribution in [0.3, 0.4) is 0 Å². The minimum Gasteiger partial charge on any atom is -0.457 e. The number of esters is 1. The molecule has 0 radical (unpaired) electrons. The van der Waals surface area contributed by atoms with Gasteiger partial charge in [-0.2, -0.15) is 0 Å². The van der Waals surface area contributed by atoms with Gasteiger partial charge in [-0.1, -0.05) is 25.5 Å². The Morgan fingerprint density at radius 3 is 2.51 bits per heavy atom. The van der Waals surface area contributed by atoms with E-state index in [2.05, 4.69) is 12.2 Å². The van der Waals surface area contributed by atoms with Crippen LogP contribution in [-0.4, -0.2) is 58.5 Å². The molecule has 0 aromatic heterocycles. The van der Waals surface area contributed by atoms with Crippen molar-refractivity contribution >= 4 is 23.4 Å². The molecule has 0 aromatic rings. The molecule has 0 aromatic carbocycles. The van der Waals surface area contributed by atoms with Crippen molar-refractivity contribution in [1.29, 1.82) is 0 Å². The van der Waals surface area contributed by atoms with Gasteiger partial charge in [0, 0.05) is 30.2 Å². The Balaban J connectivity index is 1.23. The van der Waals surface area contributed by atoms with Crippen molar-refractivity contribution in [2.45, 2.75) is 90.3 Å². The molecule has 214 valence electrons. The molecule has 3 N–H and O–H groups in total. The molecule has 0 heterocycles. The Morgan fingerprint density at radius 1 is 1.10 bits per heavy atom. The molecule has 4 saturated carbocycles. The van der Waals surface area contributed by atoms with Gasteiger partial charge in [-0.15, -0.1) is 0 Å². The zero-order chi connectivity index (χ0) is 28.2. The highest BCUT2D eigenvalue weighted by Crippen LogP contribution is 2.67. The largest absolute Gasteiger partial charge is 0.457 e. The number of allylic oxidation sites excluding steroid dienone is 4. The molecule has 1 amide bonds. The van der Waals surface area contributed by atoms with Gasteiger partial charge in [-0.25, -0.2) is 0 Å². The quantitative estimate of drug-likeness (QED) is 0.441. The Kier molecular flexibility index (Phi) is 7.42. The van der Waals surface area contributed by atoms with Gasteiger partial charge in [-0.3, -0.25) is 19.2 Å². The molecule has 5 aliphatic rings. The summed E-state index contributed by atoms with van der Waals surface area (Å²) >= 11 is 0. The summed E-state index contributed by atoms with van der Waals surface area (Å²) in [6.45, 7) is 5.68. The molecule has 7 atom stereocenters. The van der Waals surface area contributed by atoms with Gasteiger partial charge in [0.25, 0.3) is 0 Å². The van der Waals surface area contributed by atoms with Crippen molar-refractivity contribution in [3.8, 4) is 0 Å². The lowest BCUT2D eigenvalue weighted by Gasteiger charge is -2.59. The van der Waals surface area contributed by atoms with Crippen LogP contribution < -0.4 is 5.32 Å². The van der Waals surface area contributed by atoms with Crippen LogP contribution in [-0.2, 0) is 23.9 Å². The number of fused-ring (bicyclic) bond motifs is 5. The zero-order valence-corrected chi connectivity index (χ0v) is 23.4. The second-order valence-electron chi connectivity index (χ2n) is 13.3. The molecule has 0 saturated heterocycles. The molecule has 0 spiro atoms. The van der Waals surface area contributed by atoms with E-state index in [9.17, 15) is 29.4 Å². The van der Waals surface area contributed by atoms with E-state index in [1.165, 1.54) is 6.92 Å². The summed E-state index contributed by atoms with van der Waals surface area (Å²) in [5.74, 6) is -0.766. The van der Waals surface area contributed by atoms with Crippen LogP contribution in [0, 0.1) is 40.4 Å². The number of rotatable bonds is 6. The van der Waals surface area contributed by atoms with Crippen molar-refractivity contribution in [2.24, 2.45) is 40.4 Å². The van der Waals surface area contributed by atoms with Crippen molar-refractivity contribution in [1.82, 2.24) is 5.32 Å². The highest BCUT2D eigenvalue weighted by Gasteiger charge is 2.68. The van der Waals surface area contributed by atoms with E-state index in [-0.39, 0.29) is 41.8 Å². The average Bonchev–Trinajstić information content (AvgIpc) is 3.17. The summed E-state index contributed by atoms with van der Waals surface area (Å²) in [6, 6.07) is 0. The fourth-order valence-electron chi connectivity index (χ4n) is 9.05. The molecular weight excluding hydrogens is 498 g/mol. The molecule has 4 fully saturated rings. The highest BCUT2D eigenvalue weighted by atomic mass is 16.5. The normalized spacial score (nSPS) is 43.0. The number of carbonyl (C=O) groups excluding carboxylic acids is 4. The van der Waals surface area contributed by atoms with Gasteiger partial charge >= 0.3 is 5.97 Å². The summed E-state index contributed by atoms with van der Waals surface area (Å²) in [6.07, 6.45) is 10.3. The highest BCUT2D eigenvalue weighted by molar-refractivity contribution is 6.01. The van der Waals surface area contributed by atoms with Gasteiger partial charge in [0.05, 0.1) is 12.0 Å². The number of carbonyl (C=O) groups is 4. The Morgan fingerprint density at radius 2 is 1.82 bits per heavy atom. The standard InChI is InChI=1S/C31H43NO7/c1-18(33)32-16-19-4-6-20(7-5-19)28(37)39-17-26(36)31(38)13-11-24-23-9-8-21-14-22(34)10-12-29(21,2)27(23)25(35)15-30(24,31)3/h10,12,14,19-20,23-25,27,35,38H,4-9,11,13,15-17H2,1-3H3,(H,32,33)/t19?,20?,23-,24-,25-,27+,29-,30-,31-/m0/s1. The Bertz CT molecular complexity index is 1100. The summed E-state index contributed by atoms with van der Waals surface area (Å²) in [5, 5.41) is 26.2. The predicted octanol–water partition coefficient (Wildman–Crippen LogP) is 3.05. The van der Waals surface area contributed by atoms with Crippen LogP contribution >= 0.6 is 0 Å². The molecule has 0 bridgehead atoms. The van der Waals surface area contributed by atoms with E-state index in [0.717, 1.165) is 31.3 Å². The summed E-state index contributed by atoms with van der Waals surface area (Å²) in [5.41, 5.74) is -1.81. The van der Waals surface area contributed by atoms with Crippen LogP contribution in [0.2, 0.25) is 0 Å². The van der Waals surface area contributed by atoms with Gasteiger partial charge in [0.2, 0.25) is 11.7 Å². The minimum absolute atomic E-state index is 0.00974. The van der Waals surface area contributed by atoms with Crippen molar-refractivity contribution in [3.05, 3.63) is 23.8 Å². The van der Waals surface area contributed by atoms with E-state index in [0.29, 0.717) is 38.1 Å². The second kappa shape index (κ2) is 10.3. The fourth-order valence-corrected chi connectivity index (χ4v) is 9.05. The van der Waals surface area contributed by atoms with E-state index >= 15 is 0 Å². The Labute approximate surface area is 230 Å². The lowest BCUT2D eigenvalue weighted by Crippen LogP contribution is -2.61. The second-order valence-corrected chi connectivity index (χ2v) is 13.3. The average molecular weight is 542 g/mol. The predicted molar refractivity (Wildman–Crippen MR) is 143 cm³/mol. The summed E-state index contributed by atoms with van der Waals surface area (Å²) in [4.78, 5) is 49.5. The maximum absolute atomic E-state index is 13.5. The molecule has 5 rings (SSSR count). The van der Waals surface area contributed by atoms with Crippen LogP contribution in [0.25, 0.3) is 0 Å². The topological polar surface area (TPSA) is 130 Å². The lowest BCUT2D eigenvalue weighted by atomic mass is 9.46. The molecule has 5 aliphatic carbocycles. The number of ether oxygens (including phenoxy) is 1. The van der Waals surface area contributed by atoms with Crippen LogP contribution in [0.15, 0.2) is 23.8 Å². The van der Waals surface area contributed by atoms with Crippen molar-refractivity contribution in [2.75, 3.05) is 13.2 Å². The van der Waals surface area contributed by atoms with E-state index in [1.807, 2.05) is 13.0 Å². The number of hydrogen-bond donors (Lipinski definition) is 3. The van der Waals surface area contributed by atoms with Crippen molar-refractivity contribution < 1.29 is 34.1 Å². The molecular formula is C31H43NO7. The summed E-state index contributed by atoms with van der Waals surface area (Å²) in [7, 11) is 0. The smallest absolute Gasteiger partial charge is 0.309 e. The van der Waals surface area contributed by atoms with Crippen LogP contribution in [0.4, 0.5) is 0 Å². The monoisotopic (exact) mass is 541 g/mol. The zero-order valence-electron chi connectivity index (χ0n) is 23.4. The van der Waals surface area contributed by atoms with Crippen LogP contribution in [0.1, 0.15) is 78.6 Å². The maximum atomic E-state index is 13.5. The van der Waals surface area contributed by atoms with Crippen molar-refractivity contribution in [3.63, 3.8) is 0 Å². The number of aliphatic hydroxyl groups excluding tert-OH is 1. The van der Waals surface area contributed by atoms with Crippen LogP contribution in [0.5, 0.6) is 0 Å². The van der Waals surface area contributed by atoms with E-state index in [4.69, 9.17) is 4.74 Å². The first-order valence-electron chi connectivity index (χ1n) is 14.7. The first-order valence-corrected chi connectivity index (χ1v) is 14.7. The lowest BCUT2D eigenvalue weighted by molar-refractivity contribution is -0.182. The molecule has 0 aliphatic heterocycles. The number of amides is 1. The number of nitrogens with one attached hydrogen (secondary N) is 1. The van der Waals surface area contributed by atoms with Gasteiger partial charge < -0.3 is 20.3 Å². The van der Waals surface area contributed by atoms with Gasteiger partial charge in [0.1, 0.15) is 5.60 Å². The molecule has 8 heteroatoms. The first kappa shape index (κ1) is 28.2. The third-order valence-electron chi connectivity index (χ3n) is 11.3. The summed E-state index contributed by atoms with van der Waals surface area (Å²) < 4.78 is 5.48. The Hall–Kier alpha value is -2.32. The van der Waals surface area contributed by atoms with Gasteiger partial charge in [0.15, 0.2) is 12.4 Å². The third kappa shape index (κ3) is 4.71. The molecule has 39 heavy (non-hydrogen) atoms. The number of aliphatic hydroxyl groups is 2. The molecule has 8 nitrogen and oxygen atoms in total. The fraction of sp³-hybridized carbons (Fsp3) is 0.742. The first-order chi connectivity index (χ1) is 18.4. The minimum atomic E-state index is -1.66.